The van der Waals surface area contributed by atoms with Gasteiger partial charge in [0.05, 0.1) is 11.9 Å². The van der Waals surface area contributed by atoms with Crippen LogP contribution < -0.4 is 5.32 Å². The van der Waals surface area contributed by atoms with E-state index in [9.17, 15) is 4.79 Å². The molecule has 1 rings (SSSR count). The lowest BCUT2D eigenvalue weighted by Gasteiger charge is -2.12. The van der Waals surface area contributed by atoms with Crippen LogP contribution in [0.5, 0.6) is 0 Å². The van der Waals surface area contributed by atoms with Crippen molar-refractivity contribution in [2.45, 2.75) is 31.9 Å². The van der Waals surface area contributed by atoms with Crippen LogP contribution in [0.2, 0.25) is 0 Å². The zero-order chi connectivity index (χ0) is 13.5. The number of carbonyl (C=O) groups excluding carboxylic acids is 1. The summed E-state index contributed by atoms with van der Waals surface area (Å²) in [7, 11) is 0. The largest absolute Gasteiger partial charge is 0.396 e. The maximum absolute atomic E-state index is 11.8. The molecule has 0 radical (unpaired) electrons. The molecular formula is C14H21NO2S. The van der Waals surface area contributed by atoms with E-state index in [0.29, 0.717) is 11.7 Å². The van der Waals surface area contributed by atoms with Crippen molar-refractivity contribution in [1.82, 2.24) is 0 Å². The van der Waals surface area contributed by atoms with Crippen molar-refractivity contribution in [1.29, 1.82) is 0 Å². The summed E-state index contributed by atoms with van der Waals surface area (Å²) in [6.45, 7) is 6.23. The van der Waals surface area contributed by atoms with Gasteiger partial charge in [-0.2, -0.15) is 0 Å². The molecule has 1 amide bonds. The third kappa shape index (κ3) is 4.70. The van der Waals surface area contributed by atoms with Gasteiger partial charge in [-0.05, 0) is 30.5 Å². The monoisotopic (exact) mass is 267 g/mol. The molecule has 0 aliphatic heterocycles. The first kappa shape index (κ1) is 15.1. The van der Waals surface area contributed by atoms with Crippen LogP contribution in [0.4, 0.5) is 5.69 Å². The van der Waals surface area contributed by atoms with Crippen molar-refractivity contribution in [2.24, 2.45) is 0 Å². The number of hydrogen-bond donors (Lipinski definition) is 2. The summed E-state index contributed by atoms with van der Waals surface area (Å²) in [6.07, 6.45) is 0. The van der Waals surface area contributed by atoms with Crippen LogP contribution in [-0.2, 0) is 4.79 Å². The summed E-state index contributed by atoms with van der Waals surface area (Å²) in [5.41, 5.74) is 2.08. The molecule has 3 nitrogen and oxygen atoms in total. The van der Waals surface area contributed by atoms with E-state index in [-0.39, 0.29) is 17.8 Å². The molecule has 4 heteroatoms. The fourth-order valence-corrected chi connectivity index (χ4v) is 2.17. The van der Waals surface area contributed by atoms with Gasteiger partial charge in [0.25, 0.3) is 0 Å². The third-order valence-electron chi connectivity index (χ3n) is 2.67. The predicted molar refractivity (Wildman–Crippen MR) is 78.2 cm³/mol. The first-order valence-electron chi connectivity index (χ1n) is 6.18. The van der Waals surface area contributed by atoms with E-state index >= 15 is 0 Å². The number of carbonyl (C=O) groups is 1. The van der Waals surface area contributed by atoms with E-state index in [4.69, 9.17) is 5.11 Å². The average molecular weight is 267 g/mol. The molecule has 0 bridgehead atoms. The Morgan fingerprint density at radius 3 is 2.39 bits per heavy atom. The number of aliphatic hydroxyl groups excluding tert-OH is 1. The normalized spacial score (nSPS) is 12.5. The van der Waals surface area contributed by atoms with E-state index in [1.807, 2.05) is 31.2 Å². The van der Waals surface area contributed by atoms with Gasteiger partial charge < -0.3 is 10.4 Å². The Kier molecular flexibility index (Phi) is 6.22. The minimum absolute atomic E-state index is 0.0225. The van der Waals surface area contributed by atoms with E-state index in [1.165, 1.54) is 17.3 Å². The number of thioether (sulfide) groups is 1. The minimum Gasteiger partial charge on any atom is -0.396 e. The Labute approximate surface area is 113 Å². The van der Waals surface area contributed by atoms with Crippen molar-refractivity contribution in [3.63, 3.8) is 0 Å². The van der Waals surface area contributed by atoms with Crippen molar-refractivity contribution in [3.05, 3.63) is 29.8 Å². The standard InChI is InChI=1S/C14H21NO2S/c1-10(2)12-4-6-13(7-5-12)15-14(17)11(3)18-9-8-16/h4-7,10-11,16H,8-9H2,1-3H3,(H,15,17)/t11-/m1/s1. The lowest BCUT2D eigenvalue weighted by atomic mass is 10.0. The van der Waals surface area contributed by atoms with E-state index in [2.05, 4.69) is 19.2 Å². The summed E-state index contributed by atoms with van der Waals surface area (Å²) in [4.78, 5) is 11.8. The van der Waals surface area contributed by atoms with Crippen LogP contribution in [0.1, 0.15) is 32.3 Å². The van der Waals surface area contributed by atoms with E-state index < -0.39 is 0 Å². The average Bonchev–Trinajstić information content (AvgIpc) is 2.36. The molecule has 0 aliphatic carbocycles. The summed E-state index contributed by atoms with van der Waals surface area (Å²) in [5, 5.41) is 11.4. The molecule has 1 aromatic rings. The summed E-state index contributed by atoms with van der Waals surface area (Å²) >= 11 is 1.45. The van der Waals surface area contributed by atoms with Crippen LogP contribution in [0.15, 0.2) is 24.3 Å². The highest BCUT2D eigenvalue weighted by molar-refractivity contribution is 8.00. The Bertz CT molecular complexity index is 376. The van der Waals surface area contributed by atoms with Crippen LogP contribution in [0.25, 0.3) is 0 Å². The molecule has 0 aromatic heterocycles. The smallest absolute Gasteiger partial charge is 0.237 e. The summed E-state index contributed by atoms with van der Waals surface area (Å²) in [5.74, 6) is 1.06. The van der Waals surface area contributed by atoms with Crippen molar-refractivity contribution < 1.29 is 9.90 Å². The number of rotatable bonds is 6. The number of benzene rings is 1. The number of hydrogen-bond acceptors (Lipinski definition) is 3. The minimum atomic E-state index is -0.151. The number of anilines is 1. The molecule has 2 N–H and O–H groups in total. The topological polar surface area (TPSA) is 49.3 Å². The fourth-order valence-electron chi connectivity index (χ4n) is 1.50. The van der Waals surface area contributed by atoms with Gasteiger partial charge in [0.15, 0.2) is 0 Å². The van der Waals surface area contributed by atoms with Gasteiger partial charge in [0.1, 0.15) is 0 Å². The van der Waals surface area contributed by atoms with Gasteiger partial charge in [-0.3, -0.25) is 4.79 Å². The Morgan fingerprint density at radius 1 is 1.28 bits per heavy atom. The Balaban J connectivity index is 2.53. The van der Waals surface area contributed by atoms with Crippen LogP contribution in [0.3, 0.4) is 0 Å². The highest BCUT2D eigenvalue weighted by Crippen LogP contribution is 2.18. The summed E-state index contributed by atoms with van der Waals surface area (Å²) in [6, 6.07) is 7.92. The molecule has 0 saturated heterocycles. The van der Waals surface area contributed by atoms with Crippen LogP contribution in [0, 0.1) is 0 Å². The SMILES string of the molecule is CC(C)c1ccc(NC(=O)[C@@H](C)SCCO)cc1. The number of amides is 1. The maximum atomic E-state index is 11.8. The molecule has 1 atom stereocenters. The van der Waals surface area contributed by atoms with E-state index in [1.54, 1.807) is 0 Å². The first-order chi connectivity index (χ1) is 8.54. The van der Waals surface area contributed by atoms with Gasteiger partial charge in [-0.15, -0.1) is 11.8 Å². The highest BCUT2D eigenvalue weighted by Gasteiger charge is 2.12. The maximum Gasteiger partial charge on any atom is 0.237 e. The highest BCUT2D eigenvalue weighted by atomic mass is 32.2. The summed E-state index contributed by atoms with van der Waals surface area (Å²) < 4.78 is 0. The second-order valence-electron chi connectivity index (χ2n) is 4.50. The van der Waals surface area contributed by atoms with Gasteiger partial charge >= 0.3 is 0 Å². The number of nitrogens with one attached hydrogen (secondary N) is 1. The number of aliphatic hydroxyl groups is 1. The van der Waals surface area contributed by atoms with Crippen molar-refractivity contribution in [2.75, 3.05) is 17.7 Å². The van der Waals surface area contributed by atoms with Gasteiger partial charge in [0, 0.05) is 11.4 Å². The molecule has 0 heterocycles. The molecule has 1 aromatic carbocycles. The Hall–Kier alpha value is -1.00. The second-order valence-corrected chi connectivity index (χ2v) is 5.95. The lowest BCUT2D eigenvalue weighted by Crippen LogP contribution is -2.23. The third-order valence-corrected chi connectivity index (χ3v) is 3.81. The van der Waals surface area contributed by atoms with Crippen molar-refractivity contribution in [3.8, 4) is 0 Å². The first-order valence-corrected chi connectivity index (χ1v) is 7.22. The molecule has 0 unspecified atom stereocenters. The van der Waals surface area contributed by atoms with Gasteiger partial charge in [-0.25, -0.2) is 0 Å². The zero-order valence-electron chi connectivity index (χ0n) is 11.1. The van der Waals surface area contributed by atoms with Crippen molar-refractivity contribution >= 4 is 23.4 Å². The molecular weight excluding hydrogens is 246 g/mol. The fraction of sp³-hybridized carbons (Fsp3) is 0.500. The van der Waals surface area contributed by atoms with E-state index in [0.717, 1.165) is 5.69 Å². The quantitative estimate of drug-likeness (QED) is 0.833. The molecule has 0 fully saturated rings. The molecule has 18 heavy (non-hydrogen) atoms. The molecule has 0 saturated carbocycles. The van der Waals surface area contributed by atoms with Crippen LogP contribution in [-0.4, -0.2) is 28.6 Å². The molecule has 0 spiro atoms. The predicted octanol–water partition coefficient (Wildman–Crippen LogP) is 2.86. The van der Waals surface area contributed by atoms with Crippen LogP contribution >= 0.6 is 11.8 Å². The van der Waals surface area contributed by atoms with Gasteiger partial charge in [-0.1, -0.05) is 26.0 Å². The molecule has 0 aliphatic rings. The lowest BCUT2D eigenvalue weighted by molar-refractivity contribution is -0.115. The Morgan fingerprint density at radius 2 is 1.89 bits per heavy atom. The second kappa shape index (κ2) is 7.44. The molecule has 100 valence electrons. The zero-order valence-corrected chi connectivity index (χ0v) is 12.0. The van der Waals surface area contributed by atoms with Gasteiger partial charge in [0.2, 0.25) is 5.91 Å².